The predicted molar refractivity (Wildman–Crippen MR) is 90.5 cm³/mol. The van der Waals surface area contributed by atoms with Crippen molar-refractivity contribution in [2.75, 3.05) is 26.2 Å². The van der Waals surface area contributed by atoms with Crippen molar-refractivity contribution in [1.29, 1.82) is 0 Å². The van der Waals surface area contributed by atoms with Gasteiger partial charge < -0.3 is 14.2 Å². The second kappa shape index (κ2) is 6.99. The van der Waals surface area contributed by atoms with Crippen LogP contribution in [0, 0.1) is 5.92 Å². The molecule has 0 saturated carbocycles. The Kier molecular flexibility index (Phi) is 4.58. The molecule has 0 aliphatic carbocycles. The van der Waals surface area contributed by atoms with Crippen molar-refractivity contribution in [2.45, 2.75) is 31.3 Å². The molecule has 2 atom stereocenters. The van der Waals surface area contributed by atoms with Crippen molar-refractivity contribution in [1.82, 2.24) is 24.4 Å². The van der Waals surface area contributed by atoms with E-state index in [-0.39, 0.29) is 6.10 Å². The summed E-state index contributed by atoms with van der Waals surface area (Å²) >= 11 is 0. The van der Waals surface area contributed by atoms with E-state index in [1.165, 1.54) is 18.5 Å². The minimum absolute atomic E-state index is 0.143. The van der Waals surface area contributed by atoms with Gasteiger partial charge in [-0.2, -0.15) is 0 Å². The minimum Gasteiger partial charge on any atom is -0.370 e. The van der Waals surface area contributed by atoms with Gasteiger partial charge in [-0.3, -0.25) is 0 Å². The van der Waals surface area contributed by atoms with E-state index in [1.807, 2.05) is 25.6 Å². The molecule has 4 rings (SSSR count). The number of ether oxygens (including phenoxy) is 1. The largest absolute Gasteiger partial charge is 0.370 e. The normalized spacial score (nSPS) is 26.0. The van der Waals surface area contributed by atoms with E-state index < -0.39 is 0 Å². The van der Waals surface area contributed by atoms with Crippen LogP contribution in [0.3, 0.4) is 0 Å². The van der Waals surface area contributed by atoms with Crippen molar-refractivity contribution in [2.24, 2.45) is 13.0 Å². The van der Waals surface area contributed by atoms with Crippen LogP contribution in [0.15, 0.2) is 31.0 Å². The minimum atomic E-state index is 0.143. The van der Waals surface area contributed by atoms with E-state index in [0.717, 1.165) is 38.5 Å². The molecule has 0 unspecified atom stereocenters. The summed E-state index contributed by atoms with van der Waals surface area (Å²) in [5.74, 6) is 2.18. The lowest BCUT2D eigenvalue weighted by molar-refractivity contribution is 0.0655. The topological polar surface area (TPSA) is 56.1 Å². The van der Waals surface area contributed by atoms with Crippen molar-refractivity contribution < 1.29 is 4.74 Å². The molecule has 4 heterocycles. The molecule has 2 aliphatic heterocycles. The molecule has 0 radical (unpaired) electrons. The summed E-state index contributed by atoms with van der Waals surface area (Å²) in [5.41, 5.74) is 1.19. The van der Waals surface area contributed by atoms with Gasteiger partial charge in [-0.25, -0.2) is 15.0 Å². The highest BCUT2D eigenvalue weighted by Crippen LogP contribution is 2.35. The second-order valence-corrected chi connectivity index (χ2v) is 6.95. The Morgan fingerprint density at radius 2 is 2.04 bits per heavy atom. The van der Waals surface area contributed by atoms with Gasteiger partial charge in [-0.15, -0.1) is 0 Å². The van der Waals surface area contributed by atoms with E-state index in [0.29, 0.717) is 11.8 Å². The first-order valence-electron chi connectivity index (χ1n) is 8.88. The van der Waals surface area contributed by atoms with Gasteiger partial charge in [0.25, 0.3) is 0 Å². The summed E-state index contributed by atoms with van der Waals surface area (Å²) < 4.78 is 8.08. The maximum absolute atomic E-state index is 6.00. The standard InChI is InChI=1S/C18H25N5O/c1-22-10-7-20-18(22)17-15(5-11-24-17)12-23-8-3-14(4-9-23)16-2-6-19-13-21-16/h2,6-7,10,13-15,17H,3-5,8-9,11-12H2,1H3/t15-,17+/m0/s1. The third-order valence-corrected chi connectivity index (χ3v) is 5.43. The molecule has 6 nitrogen and oxygen atoms in total. The lowest BCUT2D eigenvalue weighted by atomic mass is 9.92. The van der Waals surface area contributed by atoms with Gasteiger partial charge in [0.05, 0.1) is 0 Å². The molecule has 2 aromatic heterocycles. The fourth-order valence-corrected chi connectivity index (χ4v) is 4.04. The van der Waals surface area contributed by atoms with Crippen molar-refractivity contribution >= 4 is 0 Å². The van der Waals surface area contributed by atoms with Crippen LogP contribution < -0.4 is 0 Å². The van der Waals surface area contributed by atoms with Crippen LogP contribution in [0.2, 0.25) is 0 Å². The molecular weight excluding hydrogens is 302 g/mol. The van der Waals surface area contributed by atoms with Gasteiger partial charge in [0, 0.05) is 56.3 Å². The van der Waals surface area contributed by atoms with E-state index >= 15 is 0 Å². The van der Waals surface area contributed by atoms with Crippen LogP contribution in [-0.2, 0) is 11.8 Å². The van der Waals surface area contributed by atoms with Gasteiger partial charge in [-0.05, 0) is 38.4 Å². The number of aromatic nitrogens is 4. The molecular formula is C18H25N5O. The summed E-state index contributed by atoms with van der Waals surface area (Å²) in [7, 11) is 2.05. The third-order valence-electron chi connectivity index (χ3n) is 5.43. The zero-order valence-electron chi connectivity index (χ0n) is 14.2. The molecule has 6 heteroatoms. The average molecular weight is 327 g/mol. The van der Waals surface area contributed by atoms with Crippen molar-refractivity contribution in [3.05, 3.63) is 42.5 Å². The first-order valence-corrected chi connectivity index (χ1v) is 8.88. The number of likely N-dealkylation sites (tertiary alicyclic amines) is 1. The van der Waals surface area contributed by atoms with E-state index in [4.69, 9.17) is 4.74 Å². The maximum Gasteiger partial charge on any atom is 0.137 e. The fraction of sp³-hybridized carbons (Fsp3) is 0.611. The van der Waals surface area contributed by atoms with Crippen LogP contribution in [0.1, 0.15) is 42.8 Å². The zero-order chi connectivity index (χ0) is 16.4. The molecule has 24 heavy (non-hydrogen) atoms. The Labute approximate surface area is 142 Å². The third kappa shape index (κ3) is 3.21. The predicted octanol–water partition coefficient (Wildman–Crippen LogP) is 2.17. The number of rotatable bonds is 4. The molecule has 0 amide bonds. The molecule has 2 fully saturated rings. The molecule has 2 saturated heterocycles. The second-order valence-electron chi connectivity index (χ2n) is 6.95. The van der Waals surface area contributed by atoms with E-state index in [9.17, 15) is 0 Å². The summed E-state index contributed by atoms with van der Waals surface area (Å²) in [6, 6.07) is 2.06. The molecule has 2 aliphatic rings. The van der Waals surface area contributed by atoms with Crippen molar-refractivity contribution in [3.63, 3.8) is 0 Å². The lowest BCUT2D eigenvalue weighted by Gasteiger charge is -2.34. The van der Waals surface area contributed by atoms with Crippen molar-refractivity contribution in [3.8, 4) is 0 Å². The number of hydrogen-bond donors (Lipinski definition) is 0. The molecule has 0 spiro atoms. The number of nitrogens with zero attached hydrogens (tertiary/aromatic N) is 5. The first kappa shape index (κ1) is 15.7. The first-order chi connectivity index (χ1) is 11.8. The Balaban J connectivity index is 1.34. The summed E-state index contributed by atoms with van der Waals surface area (Å²) in [5, 5.41) is 0. The number of aryl methyl sites for hydroxylation is 1. The summed E-state index contributed by atoms with van der Waals surface area (Å²) in [4.78, 5) is 15.5. The smallest absolute Gasteiger partial charge is 0.137 e. The van der Waals surface area contributed by atoms with Crippen LogP contribution >= 0.6 is 0 Å². The lowest BCUT2D eigenvalue weighted by Crippen LogP contribution is -2.37. The van der Waals surface area contributed by atoms with Gasteiger partial charge >= 0.3 is 0 Å². The quantitative estimate of drug-likeness (QED) is 0.861. The highest BCUT2D eigenvalue weighted by molar-refractivity contribution is 5.07. The molecule has 0 N–H and O–H groups in total. The SMILES string of the molecule is Cn1ccnc1[C@@H]1OCC[C@H]1CN1CCC(c2ccncn2)CC1. The van der Waals surface area contributed by atoms with E-state index in [2.05, 4.69) is 30.5 Å². The Hall–Kier alpha value is -1.79. The highest BCUT2D eigenvalue weighted by atomic mass is 16.5. The fourth-order valence-electron chi connectivity index (χ4n) is 4.04. The Bertz CT molecular complexity index is 650. The summed E-state index contributed by atoms with van der Waals surface area (Å²) in [6.07, 6.45) is 11.0. The molecule has 2 aromatic rings. The number of piperidine rings is 1. The maximum atomic E-state index is 6.00. The van der Waals surface area contributed by atoms with Crippen LogP contribution in [0.5, 0.6) is 0 Å². The van der Waals surface area contributed by atoms with E-state index in [1.54, 1.807) is 6.33 Å². The van der Waals surface area contributed by atoms with Crippen LogP contribution in [-0.4, -0.2) is 50.7 Å². The summed E-state index contributed by atoms with van der Waals surface area (Å²) in [6.45, 7) is 4.23. The van der Waals surface area contributed by atoms with Crippen LogP contribution in [0.25, 0.3) is 0 Å². The number of hydrogen-bond acceptors (Lipinski definition) is 5. The molecule has 0 aromatic carbocycles. The molecule has 0 bridgehead atoms. The zero-order valence-corrected chi connectivity index (χ0v) is 14.2. The monoisotopic (exact) mass is 327 g/mol. The highest BCUT2D eigenvalue weighted by Gasteiger charge is 2.34. The van der Waals surface area contributed by atoms with Gasteiger partial charge in [-0.1, -0.05) is 0 Å². The molecule has 128 valence electrons. The van der Waals surface area contributed by atoms with Gasteiger partial charge in [0.2, 0.25) is 0 Å². The van der Waals surface area contributed by atoms with Gasteiger partial charge in [0.15, 0.2) is 0 Å². The Morgan fingerprint density at radius 1 is 1.17 bits per heavy atom. The van der Waals surface area contributed by atoms with Gasteiger partial charge in [0.1, 0.15) is 18.3 Å². The Morgan fingerprint density at radius 3 is 2.75 bits per heavy atom. The number of imidazole rings is 1. The van der Waals surface area contributed by atoms with Crippen LogP contribution in [0.4, 0.5) is 0 Å². The average Bonchev–Trinajstić information content (AvgIpc) is 3.25.